The van der Waals surface area contributed by atoms with E-state index >= 15 is 0 Å². The fourth-order valence-corrected chi connectivity index (χ4v) is 5.39. The second kappa shape index (κ2) is 9.16. The number of halogens is 1. The van der Waals surface area contributed by atoms with Crippen molar-refractivity contribution in [2.45, 2.75) is 20.4 Å². The first-order chi connectivity index (χ1) is 16.8. The van der Waals surface area contributed by atoms with Crippen molar-refractivity contribution < 1.29 is 14.0 Å². The molecule has 0 saturated carbocycles. The quantitative estimate of drug-likeness (QED) is 0.293. The van der Waals surface area contributed by atoms with Gasteiger partial charge < -0.3 is 9.88 Å². The molecule has 1 fully saturated rings. The summed E-state index contributed by atoms with van der Waals surface area (Å²) in [6, 6.07) is 17.2. The van der Waals surface area contributed by atoms with Gasteiger partial charge in [0.25, 0.3) is 5.91 Å². The fourth-order valence-electron chi connectivity index (χ4n) is 4.16. The minimum absolute atomic E-state index is 0.0639. The number of carbonyl (C=O) groups is 2. The summed E-state index contributed by atoms with van der Waals surface area (Å²) in [4.78, 5) is 26.5. The zero-order chi connectivity index (χ0) is 24.7. The molecule has 176 valence electrons. The number of hydrogen-bond donors (Lipinski definition) is 1. The van der Waals surface area contributed by atoms with Crippen LogP contribution in [-0.2, 0) is 16.1 Å². The summed E-state index contributed by atoms with van der Waals surface area (Å²) in [5.41, 5.74) is 4.04. The summed E-state index contributed by atoms with van der Waals surface area (Å²) >= 11 is 6.79. The van der Waals surface area contributed by atoms with Crippen LogP contribution in [0.2, 0.25) is 0 Å². The molecule has 1 aliphatic heterocycles. The maximum atomic E-state index is 13.3. The highest BCUT2D eigenvalue weighted by molar-refractivity contribution is 8.27. The fraction of sp³-hybridized carbons (Fsp3) is 0.115. The molecule has 9 heteroatoms. The van der Waals surface area contributed by atoms with Gasteiger partial charge >= 0.3 is 0 Å². The van der Waals surface area contributed by atoms with Crippen LogP contribution in [0.4, 0.5) is 10.1 Å². The number of benzene rings is 2. The summed E-state index contributed by atoms with van der Waals surface area (Å²) in [5, 5.41) is 5.22. The number of rotatable bonds is 5. The van der Waals surface area contributed by atoms with Crippen LogP contribution < -0.4 is 10.3 Å². The average Bonchev–Trinajstić information content (AvgIpc) is 3.43. The second-order valence-corrected chi connectivity index (χ2v) is 9.88. The molecule has 0 unspecified atom stereocenters. The molecule has 2 aromatic carbocycles. The number of thiocarbonyl (C=S) groups is 1. The van der Waals surface area contributed by atoms with Crippen molar-refractivity contribution in [3.8, 4) is 0 Å². The Bertz CT molecular complexity index is 1500. The Morgan fingerprint density at radius 2 is 1.74 bits per heavy atom. The van der Waals surface area contributed by atoms with E-state index in [4.69, 9.17) is 12.2 Å². The van der Waals surface area contributed by atoms with Crippen molar-refractivity contribution in [1.82, 2.24) is 9.24 Å². The minimum Gasteiger partial charge on any atom is -0.337 e. The number of amides is 2. The molecule has 0 bridgehead atoms. The van der Waals surface area contributed by atoms with Gasteiger partial charge in [0.05, 0.1) is 4.91 Å². The van der Waals surface area contributed by atoms with Gasteiger partial charge in [-0.15, -0.1) is 0 Å². The Labute approximate surface area is 211 Å². The molecular weight excluding hydrogens is 483 g/mol. The van der Waals surface area contributed by atoms with Crippen LogP contribution in [0.1, 0.15) is 17.0 Å². The molecule has 0 spiro atoms. The number of carbonyl (C=O) groups excluding carboxylic acids is 2. The topological polar surface area (TPSA) is 59.3 Å². The van der Waals surface area contributed by atoms with Gasteiger partial charge in [0.2, 0.25) is 5.91 Å². The highest BCUT2D eigenvalue weighted by atomic mass is 32.2. The predicted octanol–water partition coefficient (Wildman–Crippen LogP) is 5.37. The van der Waals surface area contributed by atoms with E-state index in [2.05, 4.69) is 5.32 Å². The number of nitrogens with zero attached hydrogens (tertiary/aromatic N) is 3. The van der Waals surface area contributed by atoms with Gasteiger partial charge in [-0.05, 0) is 74.6 Å². The lowest BCUT2D eigenvalue weighted by molar-refractivity contribution is -0.116. The van der Waals surface area contributed by atoms with E-state index in [1.165, 1.54) is 41.0 Å². The Hall–Kier alpha value is -3.69. The van der Waals surface area contributed by atoms with Crippen LogP contribution in [-0.4, -0.2) is 25.4 Å². The molecule has 0 aliphatic carbocycles. The van der Waals surface area contributed by atoms with Crippen molar-refractivity contribution in [1.29, 1.82) is 0 Å². The van der Waals surface area contributed by atoms with E-state index in [0.717, 1.165) is 27.9 Å². The summed E-state index contributed by atoms with van der Waals surface area (Å²) in [6.45, 7) is 3.92. The zero-order valence-electron chi connectivity index (χ0n) is 19.0. The van der Waals surface area contributed by atoms with Gasteiger partial charge in [-0.2, -0.15) is 5.01 Å². The molecule has 3 heterocycles. The lowest BCUT2D eigenvalue weighted by Crippen LogP contribution is -2.39. The third-order valence-corrected chi connectivity index (χ3v) is 7.04. The Morgan fingerprint density at radius 3 is 2.46 bits per heavy atom. The van der Waals surface area contributed by atoms with E-state index in [0.29, 0.717) is 14.9 Å². The Kier molecular flexibility index (Phi) is 6.04. The molecule has 1 saturated heterocycles. The summed E-state index contributed by atoms with van der Waals surface area (Å²) in [5.74, 6) is -0.793. The molecule has 1 aliphatic rings. The molecule has 0 atom stereocenters. The van der Waals surface area contributed by atoms with E-state index < -0.39 is 0 Å². The third-order valence-electron chi connectivity index (χ3n) is 5.76. The highest BCUT2D eigenvalue weighted by Crippen LogP contribution is 2.34. The van der Waals surface area contributed by atoms with Crippen molar-refractivity contribution in [2.75, 3.05) is 10.3 Å². The molecule has 0 radical (unpaired) electrons. The second-order valence-electron chi connectivity index (χ2n) is 8.21. The average molecular weight is 505 g/mol. The monoisotopic (exact) mass is 504 g/mol. The maximum absolute atomic E-state index is 13.3. The zero-order valence-corrected chi connectivity index (χ0v) is 20.6. The van der Waals surface area contributed by atoms with Gasteiger partial charge in [-0.1, -0.05) is 30.0 Å². The third kappa shape index (κ3) is 4.40. The number of anilines is 1. The van der Waals surface area contributed by atoms with E-state index in [1.807, 2.05) is 71.8 Å². The summed E-state index contributed by atoms with van der Waals surface area (Å²) in [6.07, 6.45) is 3.68. The molecule has 6 nitrogen and oxygen atoms in total. The van der Waals surface area contributed by atoms with Gasteiger partial charge in [0, 0.05) is 39.7 Å². The Morgan fingerprint density at radius 1 is 1.06 bits per heavy atom. The molecule has 1 N–H and O–H groups in total. The lowest BCUT2D eigenvalue weighted by atomic mass is 10.1. The van der Waals surface area contributed by atoms with Crippen molar-refractivity contribution >= 4 is 62.8 Å². The Balaban J connectivity index is 1.44. The molecular formula is C26H21FN4O2S2. The van der Waals surface area contributed by atoms with Crippen molar-refractivity contribution in [3.63, 3.8) is 0 Å². The standard InChI is InChI=1S/C26H21FN4O2S2/c1-16-7-8-17(2)30(16)31-25(33)23(35-26(31)34)13-18-14-29(22-6-4-3-5-21(18)22)15-24(32)28-20-11-9-19(27)10-12-20/h3-14H,15H2,1-2H3,(H,28,32)/b23-13-. The first-order valence-electron chi connectivity index (χ1n) is 10.9. The van der Waals surface area contributed by atoms with Crippen molar-refractivity contribution in [3.05, 3.63) is 94.5 Å². The number of fused-ring (bicyclic) bond motifs is 1. The summed E-state index contributed by atoms with van der Waals surface area (Å²) < 4.78 is 17.3. The van der Waals surface area contributed by atoms with Gasteiger partial charge in [0.15, 0.2) is 4.32 Å². The van der Waals surface area contributed by atoms with E-state index in [9.17, 15) is 14.0 Å². The predicted molar refractivity (Wildman–Crippen MR) is 142 cm³/mol. The van der Waals surface area contributed by atoms with E-state index in [-0.39, 0.29) is 24.2 Å². The molecule has 2 amide bonds. The number of para-hydroxylation sites is 1. The number of nitrogens with one attached hydrogen (secondary N) is 1. The van der Waals surface area contributed by atoms with Crippen LogP contribution in [0.15, 0.2) is 71.8 Å². The molecule has 2 aromatic heterocycles. The number of aryl methyl sites for hydroxylation is 2. The van der Waals surface area contributed by atoms with Gasteiger partial charge in [-0.3, -0.25) is 14.3 Å². The smallest absolute Gasteiger partial charge is 0.285 e. The van der Waals surface area contributed by atoms with Crippen molar-refractivity contribution in [2.24, 2.45) is 0 Å². The van der Waals surface area contributed by atoms with Crippen LogP contribution in [0.25, 0.3) is 17.0 Å². The number of hydrogen-bond acceptors (Lipinski definition) is 4. The largest absolute Gasteiger partial charge is 0.337 e. The van der Waals surface area contributed by atoms with E-state index in [1.54, 1.807) is 0 Å². The van der Waals surface area contributed by atoms with Gasteiger partial charge in [0.1, 0.15) is 12.4 Å². The molecule has 5 rings (SSSR count). The van der Waals surface area contributed by atoms with Crippen LogP contribution in [0.5, 0.6) is 0 Å². The van der Waals surface area contributed by atoms with Crippen LogP contribution in [0, 0.1) is 19.7 Å². The normalized spacial score (nSPS) is 14.9. The first kappa shape index (κ1) is 23.1. The SMILES string of the molecule is Cc1ccc(C)n1N1C(=O)/C(=C/c2cn(CC(=O)Nc3ccc(F)cc3)c3ccccc23)SC1=S. The first-order valence-corrected chi connectivity index (χ1v) is 12.1. The molecule has 35 heavy (non-hydrogen) atoms. The minimum atomic E-state index is -0.364. The number of thioether (sulfide) groups is 1. The van der Waals surface area contributed by atoms with Crippen LogP contribution in [0.3, 0.4) is 0 Å². The number of aromatic nitrogens is 2. The molecule has 4 aromatic rings. The maximum Gasteiger partial charge on any atom is 0.285 e. The summed E-state index contributed by atoms with van der Waals surface area (Å²) in [7, 11) is 0. The van der Waals surface area contributed by atoms with Crippen LogP contribution >= 0.6 is 24.0 Å². The highest BCUT2D eigenvalue weighted by Gasteiger charge is 2.35. The lowest BCUT2D eigenvalue weighted by Gasteiger charge is -2.20. The van der Waals surface area contributed by atoms with Gasteiger partial charge in [-0.25, -0.2) is 4.39 Å².